The van der Waals surface area contributed by atoms with Gasteiger partial charge in [-0.25, -0.2) is 0 Å². The number of nitrogens with one attached hydrogen (secondary N) is 5. The van der Waals surface area contributed by atoms with Crippen LogP contribution in [0.4, 0.5) is 0 Å². The molecule has 0 spiro atoms. The summed E-state index contributed by atoms with van der Waals surface area (Å²) >= 11 is 0. The fourth-order valence-corrected chi connectivity index (χ4v) is 6.21. The molecule has 10 N–H and O–H groups in total. The van der Waals surface area contributed by atoms with E-state index in [-0.39, 0.29) is 12.8 Å². The molecule has 1 saturated heterocycles. The summed E-state index contributed by atoms with van der Waals surface area (Å²) in [5.41, 5.74) is 7.54. The van der Waals surface area contributed by atoms with Gasteiger partial charge < -0.3 is 42.0 Å². The second kappa shape index (κ2) is 19.7. The number of amides is 5. The molecule has 0 bridgehead atoms. The highest BCUT2D eigenvalue weighted by Crippen LogP contribution is 2.21. The molecule has 282 valence electrons. The van der Waals surface area contributed by atoms with Gasteiger partial charge in [0.1, 0.15) is 30.4 Å². The standard InChI is InChI=1S/C36H51N9O7/c1-6-11-24-23(20-39-25(24)7-2)18-28-36(52)44(5)32(22(3)4)35(51)42-26(12-8-9-16-45-17-15-38-29(45)13-10-14-37)33(49)40-21-30(46)41-27(19-31(47)48)34(50)43-28/h6-7,10-11,13-15,17,20,22,26-28,32,38-39H,2,8-9,12,16,18-19,21,37H2,1,3-5H3,(H,40,49)(H,41,46)(H,42,51)(H,43,50)(H,47,48)/p+1/b11-6-,14-10-,29-13+. The molecule has 0 aliphatic carbocycles. The second-order valence-corrected chi connectivity index (χ2v) is 12.9. The van der Waals surface area contributed by atoms with Gasteiger partial charge in [0, 0.05) is 43.5 Å². The van der Waals surface area contributed by atoms with Gasteiger partial charge in [-0.15, -0.1) is 0 Å². The average molecular weight is 723 g/mol. The van der Waals surface area contributed by atoms with Gasteiger partial charge in [0.15, 0.2) is 0 Å². The fourth-order valence-electron chi connectivity index (χ4n) is 6.21. The van der Waals surface area contributed by atoms with E-state index in [0.29, 0.717) is 30.6 Å². The summed E-state index contributed by atoms with van der Waals surface area (Å²) < 4.78 is 0. The quantitative estimate of drug-likeness (QED) is 0.124. The van der Waals surface area contributed by atoms with Crippen LogP contribution in [0.5, 0.6) is 0 Å². The van der Waals surface area contributed by atoms with Crippen molar-refractivity contribution in [2.24, 2.45) is 11.7 Å². The van der Waals surface area contributed by atoms with E-state index in [1.54, 1.807) is 32.2 Å². The van der Waals surface area contributed by atoms with E-state index in [4.69, 9.17) is 5.73 Å². The maximum Gasteiger partial charge on any atom is 0.305 e. The van der Waals surface area contributed by atoms with Gasteiger partial charge >= 0.3 is 5.97 Å². The van der Waals surface area contributed by atoms with Crippen molar-refractivity contribution in [3.63, 3.8) is 0 Å². The highest BCUT2D eigenvalue weighted by Gasteiger charge is 2.38. The topological polar surface area (TPSA) is 236 Å². The number of aromatic amines is 1. The number of carbonyl (C=O) groups excluding carboxylic acids is 5. The van der Waals surface area contributed by atoms with Crippen LogP contribution in [-0.2, 0) is 35.2 Å². The first-order valence-corrected chi connectivity index (χ1v) is 17.3. The van der Waals surface area contributed by atoms with E-state index < -0.39 is 78.6 Å². The number of H-pyrrole nitrogens is 1. The SMILES string of the molecule is C=Cc1[nH]cc(CC2NC(=O)C(CC(=O)O)NC(=O)CNC(=O)C(CCCCN3C=C[NH2+]/C3=C\C=C/N)NC(=O)C(C(C)C)N(C)C2=O)c1/C=C\C. The van der Waals surface area contributed by atoms with E-state index in [9.17, 15) is 33.9 Å². The van der Waals surface area contributed by atoms with Gasteiger partial charge in [0.2, 0.25) is 35.4 Å². The first-order valence-electron chi connectivity index (χ1n) is 17.3. The zero-order valence-corrected chi connectivity index (χ0v) is 30.2. The molecule has 3 rings (SSSR count). The van der Waals surface area contributed by atoms with Crippen LogP contribution in [0.25, 0.3) is 12.2 Å². The predicted molar refractivity (Wildman–Crippen MR) is 195 cm³/mol. The highest BCUT2D eigenvalue weighted by molar-refractivity contribution is 5.98. The molecule has 1 aromatic heterocycles. The van der Waals surface area contributed by atoms with Crippen molar-refractivity contribution >= 4 is 47.7 Å². The molecular formula is C36H52N9O7+. The number of allylic oxidation sites excluding steroid dienone is 3. The Morgan fingerprint density at radius 1 is 1.08 bits per heavy atom. The Labute approximate surface area is 303 Å². The Morgan fingerprint density at radius 3 is 2.46 bits per heavy atom. The summed E-state index contributed by atoms with van der Waals surface area (Å²) in [6.45, 7) is 9.21. The van der Waals surface area contributed by atoms with Crippen molar-refractivity contribution in [3.8, 4) is 0 Å². The van der Waals surface area contributed by atoms with Crippen molar-refractivity contribution in [1.29, 1.82) is 0 Å². The number of aliphatic carboxylic acids is 1. The monoisotopic (exact) mass is 722 g/mol. The third kappa shape index (κ3) is 11.2. The first kappa shape index (κ1) is 40.8. The summed E-state index contributed by atoms with van der Waals surface area (Å²) in [6.07, 6.45) is 16.4. The minimum atomic E-state index is -1.56. The Hall–Kier alpha value is -5.64. The van der Waals surface area contributed by atoms with E-state index in [1.165, 1.54) is 18.1 Å². The molecule has 0 radical (unpaired) electrons. The summed E-state index contributed by atoms with van der Waals surface area (Å²) in [6, 6.07) is -4.95. The number of rotatable bonds is 13. The summed E-state index contributed by atoms with van der Waals surface area (Å²) in [7, 11) is 1.44. The predicted octanol–water partition coefficient (Wildman–Crippen LogP) is -0.390. The molecule has 5 amide bonds. The third-order valence-corrected chi connectivity index (χ3v) is 8.75. The molecule has 0 aromatic carbocycles. The Bertz CT molecular complexity index is 1610. The smallest absolute Gasteiger partial charge is 0.305 e. The van der Waals surface area contributed by atoms with Gasteiger partial charge in [0.25, 0.3) is 0 Å². The number of hydrogen-bond donors (Lipinski definition) is 8. The maximum atomic E-state index is 14.3. The average Bonchev–Trinajstić information content (AvgIpc) is 3.71. The Morgan fingerprint density at radius 2 is 1.81 bits per heavy atom. The molecule has 0 saturated carbocycles. The number of hydrogen-bond acceptors (Lipinski definition) is 8. The number of carboxylic acid groups (broad SMARTS) is 1. The van der Waals surface area contributed by atoms with Gasteiger partial charge in [-0.1, -0.05) is 32.6 Å². The molecule has 1 aromatic rings. The first-order chi connectivity index (χ1) is 24.8. The van der Waals surface area contributed by atoms with Gasteiger partial charge in [0.05, 0.1) is 19.2 Å². The lowest BCUT2D eigenvalue weighted by atomic mass is 9.97. The van der Waals surface area contributed by atoms with Gasteiger partial charge in [-0.2, -0.15) is 0 Å². The Balaban J connectivity index is 1.95. The van der Waals surface area contributed by atoms with Crippen LogP contribution < -0.4 is 32.3 Å². The van der Waals surface area contributed by atoms with Crippen molar-refractivity contribution in [1.82, 2.24) is 36.1 Å². The molecule has 1 fully saturated rings. The van der Waals surface area contributed by atoms with E-state index in [0.717, 1.165) is 11.4 Å². The summed E-state index contributed by atoms with van der Waals surface area (Å²) in [5, 5.41) is 21.8. The Kier molecular flexibility index (Phi) is 15.4. The number of likely N-dealkylation sites (N-methyl/N-ethyl adjacent to an activating group) is 1. The number of carboxylic acids is 1. The van der Waals surface area contributed by atoms with Crippen LogP contribution in [0.1, 0.15) is 63.3 Å². The van der Waals surface area contributed by atoms with E-state index >= 15 is 0 Å². The van der Waals surface area contributed by atoms with Crippen LogP contribution in [0.3, 0.4) is 0 Å². The lowest BCUT2D eigenvalue weighted by molar-refractivity contribution is -0.538. The molecule has 4 atom stereocenters. The van der Waals surface area contributed by atoms with Crippen molar-refractivity contribution in [2.45, 2.75) is 77.0 Å². The fraction of sp³-hybridized carbons (Fsp3) is 0.444. The zero-order chi connectivity index (χ0) is 38.4. The highest BCUT2D eigenvalue weighted by atomic mass is 16.4. The van der Waals surface area contributed by atoms with E-state index in [2.05, 4.69) is 32.8 Å². The van der Waals surface area contributed by atoms with E-state index in [1.807, 2.05) is 47.8 Å². The van der Waals surface area contributed by atoms with Crippen LogP contribution in [-0.4, -0.2) is 99.7 Å². The molecular weight excluding hydrogens is 670 g/mol. The minimum Gasteiger partial charge on any atom is -0.481 e. The lowest BCUT2D eigenvalue weighted by Crippen LogP contribution is -2.75. The summed E-state index contributed by atoms with van der Waals surface area (Å²) in [5.74, 6) is -4.43. The molecule has 2 aliphatic rings. The molecule has 4 unspecified atom stereocenters. The molecule has 16 nitrogen and oxygen atoms in total. The molecule has 16 heteroatoms. The van der Waals surface area contributed by atoms with Crippen molar-refractivity contribution in [3.05, 3.63) is 72.2 Å². The number of aromatic nitrogens is 1. The second-order valence-electron chi connectivity index (χ2n) is 12.9. The van der Waals surface area contributed by atoms with Crippen LogP contribution in [0.2, 0.25) is 0 Å². The molecule has 2 aliphatic heterocycles. The number of nitrogens with zero attached hydrogens (tertiary/aromatic N) is 2. The van der Waals surface area contributed by atoms with Gasteiger partial charge in [-0.3, -0.25) is 39.0 Å². The zero-order valence-electron chi connectivity index (χ0n) is 30.2. The molecule has 3 heterocycles. The lowest BCUT2D eigenvalue weighted by Gasteiger charge is -2.34. The number of unbranched alkanes of at least 4 members (excludes halogenated alkanes) is 1. The number of carbonyl (C=O) groups is 6. The van der Waals surface area contributed by atoms with Gasteiger partial charge in [-0.05, 0) is 56.0 Å². The maximum absolute atomic E-state index is 14.3. The largest absolute Gasteiger partial charge is 0.481 e. The number of quaternary nitrogens is 1. The van der Waals surface area contributed by atoms with Crippen LogP contribution in [0, 0.1) is 5.92 Å². The van der Waals surface area contributed by atoms with Crippen molar-refractivity contribution < 1.29 is 39.2 Å². The summed E-state index contributed by atoms with van der Waals surface area (Å²) in [4.78, 5) is 86.3. The van der Waals surface area contributed by atoms with Crippen molar-refractivity contribution in [2.75, 3.05) is 20.1 Å². The normalized spacial score (nSPS) is 23.2. The third-order valence-electron chi connectivity index (χ3n) is 8.75. The van der Waals surface area contributed by atoms with Crippen LogP contribution >= 0.6 is 0 Å². The minimum absolute atomic E-state index is 0.0366. The number of nitrogens with two attached hydrogens (primary N) is 2. The van der Waals surface area contributed by atoms with Crippen LogP contribution in [0.15, 0.2) is 55.4 Å². The molecule has 52 heavy (non-hydrogen) atoms.